The maximum Gasteiger partial charge on any atom is 0.419 e. The van der Waals surface area contributed by atoms with Crippen LogP contribution in [0.25, 0.3) is 0 Å². The largest absolute Gasteiger partial charge is 0.507 e. The van der Waals surface area contributed by atoms with E-state index in [0.717, 1.165) is 12.1 Å². The number of alkyl halides is 3. The zero-order valence-corrected chi connectivity index (χ0v) is 23.0. The minimum absolute atomic E-state index is 0.0843. The molecule has 1 fully saturated rings. The van der Waals surface area contributed by atoms with Gasteiger partial charge in [0.25, 0.3) is 5.91 Å². The standard InChI is InChI=1S/C25H29ClF3N3O6S/c1-4-39(37,38)19-10-9-17(20(26)21(19)32-13-11-31(12-14-32)15(2)33)22(24(3,36)25(27,28)29)30-23(35)16-7-5-6-8-18(16)34/h5-10,22,34,36H,4,11-14H2,1-3H3,(H,30,35). The first kappa shape index (κ1) is 30.5. The van der Waals surface area contributed by atoms with E-state index in [2.05, 4.69) is 5.32 Å². The number of hydrogen-bond donors (Lipinski definition) is 3. The minimum atomic E-state index is -5.26. The summed E-state index contributed by atoms with van der Waals surface area (Å²) in [5.41, 5.74) is -4.38. The number of anilines is 1. The Morgan fingerprint density at radius 2 is 1.69 bits per heavy atom. The summed E-state index contributed by atoms with van der Waals surface area (Å²) in [7, 11) is -3.92. The first-order valence-electron chi connectivity index (χ1n) is 12.0. The number of carbonyl (C=O) groups is 2. The highest BCUT2D eigenvalue weighted by Gasteiger charge is 2.56. The van der Waals surface area contributed by atoms with Crippen molar-refractivity contribution < 1.29 is 41.4 Å². The summed E-state index contributed by atoms with van der Waals surface area (Å²) in [6.07, 6.45) is -5.26. The number of aliphatic hydroxyl groups is 1. The van der Waals surface area contributed by atoms with Gasteiger partial charge in [0.15, 0.2) is 15.4 Å². The van der Waals surface area contributed by atoms with E-state index in [1.54, 1.807) is 4.90 Å². The fraction of sp³-hybridized carbons (Fsp3) is 0.440. The molecule has 1 saturated heterocycles. The Bertz CT molecular complexity index is 1360. The molecule has 0 saturated carbocycles. The van der Waals surface area contributed by atoms with E-state index in [4.69, 9.17) is 11.6 Å². The molecule has 0 spiro atoms. The Morgan fingerprint density at radius 1 is 1.10 bits per heavy atom. The number of nitrogens with one attached hydrogen (secondary N) is 1. The van der Waals surface area contributed by atoms with Gasteiger partial charge < -0.3 is 25.3 Å². The predicted molar refractivity (Wildman–Crippen MR) is 139 cm³/mol. The molecule has 0 radical (unpaired) electrons. The van der Waals surface area contributed by atoms with E-state index in [1.165, 1.54) is 43.0 Å². The van der Waals surface area contributed by atoms with Crippen LogP contribution in [0.3, 0.4) is 0 Å². The van der Waals surface area contributed by atoms with Gasteiger partial charge in [0, 0.05) is 33.1 Å². The second-order valence-corrected chi connectivity index (χ2v) is 11.9. The summed E-state index contributed by atoms with van der Waals surface area (Å²) in [5, 5.41) is 22.4. The number of sulfone groups is 1. The van der Waals surface area contributed by atoms with E-state index < -0.39 is 44.3 Å². The van der Waals surface area contributed by atoms with E-state index in [1.807, 2.05) is 0 Å². The van der Waals surface area contributed by atoms with Crippen LogP contribution in [0, 0.1) is 0 Å². The highest BCUT2D eigenvalue weighted by atomic mass is 35.5. The third-order valence-corrected chi connectivity index (χ3v) is 8.89. The number of carbonyl (C=O) groups excluding carboxylic acids is 2. The number of aromatic hydroxyl groups is 1. The second-order valence-electron chi connectivity index (χ2n) is 9.28. The normalized spacial score (nSPS) is 16.9. The zero-order chi connectivity index (χ0) is 29.3. The van der Waals surface area contributed by atoms with Crippen molar-refractivity contribution in [1.82, 2.24) is 10.2 Å². The Labute approximate surface area is 229 Å². The molecule has 3 rings (SSSR count). The number of nitrogens with zero attached hydrogens (tertiary/aromatic N) is 2. The van der Waals surface area contributed by atoms with Gasteiger partial charge in [-0.1, -0.05) is 36.7 Å². The molecule has 0 aliphatic carbocycles. The van der Waals surface area contributed by atoms with E-state index in [9.17, 15) is 41.4 Å². The molecule has 1 heterocycles. The summed E-state index contributed by atoms with van der Waals surface area (Å²) < 4.78 is 68.2. The van der Waals surface area contributed by atoms with Gasteiger partial charge in [0.1, 0.15) is 5.75 Å². The van der Waals surface area contributed by atoms with Crippen LogP contribution < -0.4 is 10.2 Å². The highest BCUT2D eigenvalue weighted by Crippen LogP contribution is 2.46. The molecule has 39 heavy (non-hydrogen) atoms. The van der Waals surface area contributed by atoms with Crippen molar-refractivity contribution in [2.75, 3.05) is 36.8 Å². The average molecular weight is 592 g/mol. The smallest absolute Gasteiger partial charge is 0.419 e. The SMILES string of the molecule is CCS(=O)(=O)c1ccc(C(NC(=O)c2ccccc2O)C(C)(O)C(F)(F)F)c(Cl)c1N1CCN(C(C)=O)CC1. The molecule has 3 N–H and O–H groups in total. The van der Waals surface area contributed by atoms with Gasteiger partial charge in [0.2, 0.25) is 5.91 Å². The molecule has 2 unspecified atom stereocenters. The van der Waals surface area contributed by atoms with Crippen molar-refractivity contribution in [3.8, 4) is 5.75 Å². The number of piperazine rings is 1. The molecule has 14 heteroatoms. The molecule has 0 bridgehead atoms. The van der Waals surface area contributed by atoms with Crippen LogP contribution >= 0.6 is 11.6 Å². The van der Waals surface area contributed by atoms with Gasteiger partial charge in [-0.25, -0.2) is 8.42 Å². The lowest BCUT2D eigenvalue weighted by molar-refractivity contribution is -0.263. The van der Waals surface area contributed by atoms with Crippen molar-refractivity contribution in [2.24, 2.45) is 0 Å². The zero-order valence-electron chi connectivity index (χ0n) is 21.4. The summed E-state index contributed by atoms with van der Waals surface area (Å²) in [6, 6.07) is 5.07. The van der Waals surface area contributed by atoms with Gasteiger partial charge in [-0.05, 0) is 30.7 Å². The minimum Gasteiger partial charge on any atom is -0.507 e. The van der Waals surface area contributed by atoms with Gasteiger partial charge in [-0.2, -0.15) is 13.2 Å². The molecule has 2 aromatic rings. The monoisotopic (exact) mass is 591 g/mol. The number of benzene rings is 2. The summed E-state index contributed by atoms with van der Waals surface area (Å²) in [6.45, 7) is 3.95. The number of para-hydroxylation sites is 1. The Morgan fingerprint density at radius 3 is 2.21 bits per heavy atom. The van der Waals surface area contributed by atoms with Crippen molar-refractivity contribution in [3.63, 3.8) is 0 Å². The maximum atomic E-state index is 14.1. The lowest BCUT2D eigenvalue weighted by Crippen LogP contribution is -2.53. The Balaban J connectivity index is 2.20. The van der Waals surface area contributed by atoms with Gasteiger partial charge in [-0.15, -0.1) is 0 Å². The quantitative estimate of drug-likeness (QED) is 0.451. The van der Waals surface area contributed by atoms with E-state index >= 15 is 0 Å². The van der Waals surface area contributed by atoms with Crippen LogP contribution in [-0.2, 0) is 14.6 Å². The van der Waals surface area contributed by atoms with Crippen molar-refractivity contribution in [1.29, 1.82) is 0 Å². The number of halogens is 4. The molecular formula is C25H29ClF3N3O6S. The number of phenols is 1. The molecule has 9 nitrogen and oxygen atoms in total. The number of hydrogen-bond acceptors (Lipinski definition) is 7. The molecule has 0 aromatic heterocycles. The topological polar surface area (TPSA) is 127 Å². The predicted octanol–water partition coefficient (Wildman–Crippen LogP) is 3.29. The van der Waals surface area contributed by atoms with Crippen LogP contribution in [0.4, 0.5) is 18.9 Å². The average Bonchev–Trinajstić information content (AvgIpc) is 2.86. The molecule has 2 atom stereocenters. The summed E-state index contributed by atoms with van der Waals surface area (Å²) in [4.78, 5) is 27.6. The van der Waals surface area contributed by atoms with Gasteiger partial charge >= 0.3 is 6.18 Å². The van der Waals surface area contributed by atoms with Crippen LogP contribution in [-0.4, -0.2) is 79.1 Å². The first-order valence-corrected chi connectivity index (χ1v) is 14.0. The van der Waals surface area contributed by atoms with Crippen LogP contribution in [0.2, 0.25) is 5.02 Å². The molecular weight excluding hydrogens is 563 g/mol. The number of rotatable bonds is 7. The second kappa shape index (κ2) is 11.2. The number of phenolic OH excluding ortho intramolecular Hbond substituents is 1. The third kappa shape index (κ3) is 6.10. The Kier molecular flexibility index (Phi) is 8.78. The van der Waals surface area contributed by atoms with Crippen molar-refractivity contribution >= 4 is 38.9 Å². The fourth-order valence-corrected chi connectivity index (χ4v) is 5.85. The first-order chi connectivity index (χ1) is 18.0. The third-order valence-electron chi connectivity index (χ3n) is 6.74. The van der Waals surface area contributed by atoms with Gasteiger partial charge in [0.05, 0.1) is 33.0 Å². The maximum absolute atomic E-state index is 14.1. The molecule has 2 aromatic carbocycles. The van der Waals surface area contributed by atoms with Gasteiger partial charge in [-0.3, -0.25) is 9.59 Å². The van der Waals surface area contributed by atoms with Crippen molar-refractivity contribution in [3.05, 3.63) is 52.5 Å². The molecule has 2 amide bonds. The summed E-state index contributed by atoms with van der Waals surface area (Å²) >= 11 is 6.66. The lowest BCUT2D eigenvalue weighted by Gasteiger charge is -2.39. The van der Waals surface area contributed by atoms with Crippen LogP contribution in [0.5, 0.6) is 5.75 Å². The van der Waals surface area contributed by atoms with Crippen LogP contribution in [0.15, 0.2) is 41.3 Å². The molecule has 1 aliphatic heterocycles. The van der Waals surface area contributed by atoms with E-state index in [-0.39, 0.29) is 59.5 Å². The highest BCUT2D eigenvalue weighted by molar-refractivity contribution is 7.91. The Hall–Kier alpha value is -3.03. The fourth-order valence-electron chi connectivity index (χ4n) is 4.29. The summed E-state index contributed by atoms with van der Waals surface area (Å²) in [5.74, 6) is -2.14. The van der Waals surface area contributed by atoms with E-state index in [0.29, 0.717) is 6.92 Å². The van der Waals surface area contributed by atoms with Crippen molar-refractivity contribution in [2.45, 2.75) is 43.5 Å². The lowest BCUT2D eigenvalue weighted by atomic mass is 9.88. The van der Waals surface area contributed by atoms with Crippen LogP contribution in [0.1, 0.15) is 42.7 Å². The molecule has 214 valence electrons. The number of amides is 2. The molecule has 1 aliphatic rings.